The molecule has 0 aromatic carbocycles. The van der Waals surface area contributed by atoms with Gasteiger partial charge in [-0.1, -0.05) is 34.1 Å². The summed E-state index contributed by atoms with van der Waals surface area (Å²) in [6, 6.07) is 0.635. The highest BCUT2D eigenvalue weighted by molar-refractivity contribution is 5.84. The van der Waals surface area contributed by atoms with E-state index in [0.717, 1.165) is 12.4 Å². The van der Waals surface area contributed by atoms with E-state index in [-0.39, 0.29) is 5.41 Å². The van der Waals surface area contributed by atoms with E-state index in [2.05, 4.69) is 32.6 Å². The van der Waals surface area contributed by atoms with Crippen LogP contribution >= 0.6 is 0 Å². The van der Waals surface area contributed by atoms with Crippen LogP contribution in [0.5, 0.6) is 0 Å². The summed E-state index contributed by atoms with van der Waals surface area (Å²) < 4.78 is 0. The molecule has 1 N–H and O–H groups in total. The standard InChI is InChI=1S/C13H26N2/c1-5-8-11-9-6-7-10-15(11)12(14)13(2,3)4/h11,14H,5-10H2,1-4H3. The number of likely N-dealkylation sites (tertiary alicyclic amines) is 1. The molecule has 0 aromatic heterocycles. The van der Waals surface area contributed by atoms with Crippen LogP contribution in [0.25, 0.3) is 0 Å². The molecule has 2 heteroatoms. The topological polar surface area (TPSA) is 27.1 Å². The van der Waals surface area contributed by atoms with Crippen molar-refractivity contribution in [3.8, 4) is 0 Å². The lowest BCUT2D eigenvalue weighted by Crippen LogP contribution is -2.48. The van der Waals surface area contributed by atoms with Crippen LogP contribution in [0.3, 0.4) is 0 Å². The molecule has 0 bridgehead atoms. The minimum Gasteiger partial charge on any atom is -0.357 e. The first-order valence-electron chi connectivity index (χ1n) is 6.32. The van der Waals surface area contributed by atoms with E-state index in [9.17, 15) is 0 Å². The average molecular weight is 210 g/mol. The molecule has 0 spiro atoms. The van der Waals surface area contributed by atoms with Gasteiger partial charge in [0.2, 0.25) is 0 Å². The van der Waals surface area contributed by atoms with Gasteiger partial charge in [-0.3, -0.25) is 5.41 Å². The number of nitrogens with zero attached hydrogens (tertiary/aromatic N) is 1. The molecule has 88 valence electrons. The number of piperidine rings is 1. The summed E-state index contributed by atoms with van der Waals surface area (Å²) in [6.45, 7) is 9.78. The summed E-state index contributed by atoms with van der Waals surface area (Å²) in [7, 11) is 0. The molecule has 0 saturated carbocycles. The van der Waals surface area contributed by atoms with Crippen molar-refractivity contribution in [3.63, 3.8) is 0 Å². The van der Waals surface area contributed by atoms with Crippen LogP contribution in [0.4, 0.5) is 0 Å². The minimum atomic E-state index is 0.00330. The van der Waals surface area contributed by atoms with Gasteiger partial charge in [-0.2, -0.15) is 0 Å². The van der Waals surface area contributed by atoms with Gasteiger partial charge < -0.3 is 4.90 Å². The summed E-state index contributed by atoms with van der Waals surface area (Å²) in [4.78, 5) is 2.35. The quantitative estimate of drug-likeness (QED) is 0.546. The van der Waals surface area contributed by atoms with Crippen LogP contribution in [0.2, 0.25) is 0 Å². The monoisotopic (exact) mass is 210 g/mol. The largest absolute Gasteiger partial charge is 0.357 e. The van der Waals surface area contributed by atoms with Crippen LogP contribution in [0, 0.1) is 10.8 Å². The van der Waals surface area contributed by atoms with Crippen molar-refractivity contribution in [2.75, 3.05) is 6.54 Å². The van der Waals surface area contributed by atoms with Crippen LogP contribution in [0.15, 0.2) is 0 Å². The fourth-order valence-electron chi connectivity index (χ4n) is 2.36. The van der Waals surface area contributed by atoms with Crippen LogP contribution in [-0.4, -0.2) is 23.3 Å². The molecule has 1 heterocycles. The molecular formula is C13H26N2. The Kier molecular flexibility index (Phi) is 4.18. The van der Waals surface area contributed by atoms with E-state index < -0.39 is 0 Å². The smallest absolute Gasteiger partial charge is 0.101 e. The molecule has 0 amide bonds. The van der Waals surface area contributed by atoms with Crippen LogP contribution < -0.4 is 0 Å². The second kappa shape index (κ2) is 5.00. The van der Waals surface area contributed by atoms with Crippen molar-refractivity contribution < 1.29 is 0 Å². The third kappa shape index (κ3) is 3.22. The van der Waals surface area contributed by atoms with Crippen molar-refractivity contribution in [2.24, 2.45) is 5.41 Å². The SMILES string of the molecule is CCCC1CCCCN1C(=N)C(C)(C)C. The maximum Gasteiger partial charge on any atom is 0.101 e. The number of hydrogen-bond acceptors (Lipinski definition) is 1. The Balaban J connectivity index is 2.67. The Morgan fingerprint density at radius 2 is 2.00 bits per heavy atom. The number of rotatable bonds is 2. The highest BCUT2D eigenvalue weighted by Gasteiger charge is 2.29. The van der Waals surface area contributed by atoms with Crippen molar-refractivity contribution >= 4 is 5.84 Å². The predicted molar refractivity (Wildman–Crippen MR) is 66.4 cm³/mol. The third-order valence-electron chi connectivity index (χ3n) is 3.25. The molecule has 1 aliphatic rings. The number of nitrogens with one attached hydrogen (secondary N) is 1. The first kappa shape index (κ1) is 12.5. The van der Waals surface area contributed by atoms with Crippen molar-refractivity contribution in [1.82, 2.24) is 4.90 Å². The first-order valence-corrected chi connectivity index (χ1v) is 6.32. The fourth-order valence-corrected chi connectivity index (χ4v) is 2.36. The summed E-state index contributed by atoms with van der Waals surface area (Å²) in [5.41, 5.74) is 0.00330. The van der Waals surface area contributed by atoms with Crippen LogP contribution in [0.1, 0.15) is 59.8 Å². The van der Waals surface area contributed by atoms with E-state index in [1.807, 2.05) is 0 Å². The molecule has 1 unspecified atom stereocenters. The van der Waals surface area contributed by atoms with Crippen molar-refractivity contribution in [1.29, 1.82) is 5.41 Å². The van der Waals surface area contributed by atoms with Crippen molar-refractivity contribution in [3.05, 3.63) is 0 Å². The summed E-state index contributed by atoms with van der Waals surface area (Å²) >= 11 is 0. The van der Waals surface area contributed by atoms with E-state index in [4.69, 9.17) is 5.41 Å². The normalized spacial score (nSPS) is 22.9. The molecule has 1 rings (SSSR count). The fraction of sp³-hybridized carbons (Fsp3) is 0.923. The molecule has 1 aliphatic heterocycles. The van der Waals surface area contributed by atoms with E-state index in [1.54, 1.807) is 0 Å². The zero-order valence-electron chi connectivity index (χ0n) is 10.8. The molecular weight excluding hydrogens is 184 g/mol. The Labute approximate surface area is 94.6 Å². The molecule has 1 saturated heterocycles. The van der Waals surface area contributed by atoms with Crippen molar-refractivity contribution in [2.45, 2.75) is 65.8 Å². The Bertz CT molecular complexity index is 213. The zero-order chi connectivity index (χ0) is 11.5. The molecule has 2 nitrogen and oxygen atoms in total. The van der Waals surface area contributed by atoms with E-state index in [0.29, 0.717) is 6.04 Å². The van der Waals surface area contributed by atoms with Gasteiger partial charge in [0.15, 0.2) is 0 Å². The minimum absolute atomic E-state index is 0.00330. The van der Waals surface area contributed by atoms with E-state index >= 15 is 0 Å². The Morgan fingerprint density at radius 1 is 1.33 bits per heavy atom. The zero-order valence-corrected chi connectivity index (χ0v) is 10.8. The summed E-state index contributed by atoms with van der Waals surface area (Å²) in [5.74, 6) is 0.834. The average Bonchev–Trinajstić information content (AvgIpc) is 2.17. The van der Waals surface area contributed by atoms with Gasteiger partial charge in [0, 0.05) is 18.0 Å². The summed E-state index contributed by atoms with van der Waals surface area (Å²) in [5, 5.41) is 8.27. The Hall–Kier alpha value is -0.530. The molecule has 0 radical (unpaired) electrons. The van der Waals surface area contributed by atoms with Gasteiger partial charge in [-0.05, 0) is 25.7 Å². The number of amidine groups is 1. The Morgan fingerprint density at radius 3 is 2.53 bits per heavy atom. The van der Waals surface area contributed by atoms with Gasteiger partial charge in [0.25, 0.3) is 0 Å². The van der Waals surface area contributed by atoms with Gasteiger partial charge in [-0.25, -0.2) is 0 Å². The molecule has 1 fully saturated rings. The third-order valence-corrected chi connectivity index (χ3v) is 3.25. The lowest BCUT2D eigenvalue weighted by molar-refractivity contribution is 0.210. The second-order valence-electron chi connectivity index (χ2n) is 5.73. The number of hydrogen-bond donors (Lipinski definition) is 1. The molecule has 0 aliphatic carbocycles. The molecule has 1 atom stereocenters. The van der Waals surface area contributed by atoms with Crippen LogP contribution in [-0.2, 0) is 0 Å². The first-order chi connectivity index (χ1) is 6.96. The highest BCUT2D eigenvalue weighted by Crippen LogP contribution is 2.26. The van der Waals surface area contributed by atoms with Gasteiger partial charge in [-0.15, -0.1) is 0 Å². The van der Waals surface area contributed by atoms with E-state index in [1.165, 1.54) is 32.1 Å². The lowest BCUT2D eigenvalue weighted by Gasteiger charge is -2.41. The predicted octanol–water partition coefficient (Wildman–Crippen LogP) is 3.66. The van der Waals surface area contributed by atoms with Gasteiger partial charge >= 0.3 is 0 Å². The molecule has 0 aromatic rings. The summed E-state index contributed by atoms with van der Waals surface area (Å²) in [6.07, 6.45) is 6.38. The van der Waals surface area contributed by atoms with Gasteiger partial charge in [0.05, 0.1) is 0 Å². The molecule has 15 heavy (non-hydrogen) atoms. The second-order valence-corrected chi connectivity index (χ2v) is 5.73. The lowest BCUT2D eigenvalue weighted by atomic mass is 9.90. The van der Waals surface area contributed by atoms with Gasteiger partial charge in [0.1, 0.15) is 5.84 Å². The maximum absolute atomic E-state index is 8.27. The maximum atomic E-state index is 8.27. The highest BCUT2D eigenvalue weighted by atomic mass is 15.2.